The van der Waals surface area contributed by atoms with Crippen LogP contribution in [0.5, 0.6) is 0 Å². The number of anilines is 1. The van der Waals surface area contributed by atoms with E-state index >= 15 is 0 Å². The van der Waals surface area contributed by atoms with Crippen molar-refractivity contribution in [1.29, 1.82) is 0 Å². The number of nitrogens with one attached hydrogen (secondary N) is 1. The van der Waals surface area contributed by atoms with Crippen LogP contribution in [0.25, 0.3) is 10.2 Å². The van der Waals surface area contributed by atoms with Crippen molar-refractivity contribution in [3.63, 3.8) is 0 Å². The Hall–Kier alpha value is -1.95. The van der Waals surface area contributed by atoms with Crippen molar-refractivity contribution in [2.45, 2.75) is 26.8 Å². The van der Waals surface area contributed by atoms with Gasteiger partial charge in [-0.1, -0.05) is 12.1 Å². The molecule has 0 radical (unpaired) electrons. The molecule has 0 aliphatic rings. The molecule has 0 atom stereocenters. The van der Waals surface area contributed by atoms with Crippen LogP contribution in [0.3, 0.4) is 0 Å². The van der Waals surface area contributed by atoms with E-state index in [1.165, 1.54) is 4.70 Å². The van der Waals surface area contributed by atoms with Crippen LogP contribution in [-0.4, -0.2) is 15.1 Å². The van der Waals surface area contributed by atoms with E-state index < -0.39 is 0 Å². The van der Waals surface area contributed by atoms with Gasteiger partial charge >= 0.3 is 0 Å². The van der Waals surface area contributed by atoms with Gasteiger partial charge < -0.3 is 9.84 Å². The van der Waals surface area contributed by atoms with Crippen molar-refractivity contribution in [2.75, 3.05) is 5.32 Å². The number of rotatable bonds is 4. The first-order valence-electron chi connectivity index (χ1n) is 6.17. The summed E-state index contributed by atoms with van der Waals surface area (Å²) in [6.07, 6.45) is 0.787. The number of hydrogen-bond acceptors (Lipinski definition) is 6. The Kier molecular flexibility index (Phi) is 3.16. The molecule has 0 amide bonds. The van der Waals surface area contributed by atoms with Gasteiger partial charge in [0, 0.05) is 12.1 Å². The highest BCUT2D eigenvalue weighted by Crippen LogP contribution is 2.24. The van der Waals surface area contributed by atoms with E-state index in [2.05, 4.69) is 26.5 Å². The van der Waals surface area contributed by atoms with Crippen molar-refractivity contribution in [3.8, 4) is 0 Å². The molecule has 19 heavy (non-hydrogen) atoms. The summed E-state index contributed by atoms with van der Waals surface area (Å²) in [5.41, 5.74) is 2.08. The quantitative estimate of drug-likeness (QED) is 0.791. The van der Waals surface area contributed by atoms with Gasteiger partial charge in [-0.3, -0.25) is 0 Å². The molecule has 0 aliphatic heterocycles. The van der Waals surface area contributed by atoms with Gasteiger partial charge in [-0.2, -0.15) is 4.98 Å². The molecular formula is C13H14N4OS. The summed E-state index contributed by atoms with van der Waals surface area (Å²) < 4.78 is 6.32. The standard InChI is InChI=1S/C13H14N4OS/c1-3-12-16-13(18-17-12)7-14-9-4-5-10-11(6-9)19-8(2)15-10/h4-6,14H,3,7H2,1-2H3. The number of hydrogen-bond donors (Lipinski definition) is 1. The topological polar surface area (TPSA) is 63.8 Å². The number of aryl methyl sites for hydroxylation is 2. The second kappa shape index (κ2) is 4.97. The van der Waals surface area contributed by atoms with Gasteiger partial charge in [0.25, 0.3) is 0 Å². The summed E-state index contributed by atoms with van der Waals surface area (Å²) in [7, 11) is 0. The van der Waals surface area contributed by atoms with Crippen molar-refractivity contribution in [1.82, 2.24) is 15.1 Å². The minimum Gasteiger partial charge on any atom is -0.376 e. The lowest BCUT2D eigenvalue weighted by atomic mass is 10.3. The second-order valence-electron chi connectivity index (χ2n) is 4.23. The average molecular weight is 274 g/mol. The van der Waals surface area contributed by atoms with Gasteiger partial charge in [0.15, 0.2) is 5.82 Å². The third kappa shape index (κ3) is 2.58. The Morgan fingerprint density at radius 3 is 3.00 bits per heavy atom. The van der Waals surface area contributed by atoms with Crippen molar-refractivity contribution in [2.24, 2.45) is 0 Å². The second-order valence-corrected chi connectivity index (χ2v) is 5.46. The van der Waals surface area contributed by atoms with E-state index in [0.717, 1.165) is 28.5 Å². The molecule has 0 aliphatic carbocycles. The minimum atomic E-state index is 0.538. The van der Waals surface area contributed by atoms with Gasteiger partial charge in [0.05, 0.1) is 21.8 Å². The summed E-state index contributed by atoms with van der Waals surface area (Å²) >= 11 is 1.69. The lowest BCUT2D eigenvalue weighted by Gasteiger charge is -2.02. The third-order valence-corrected chi connectivity index (χ3v) is 3.70. The van der Waals surface area contributed by atoms with Crippen LogP contribution in [0, 0.1) is 6.92 Å². The smallest absolute Gasteiger partial charge is 0.245 e. The molecule has 5 nitrogen and oxygen atoms in total. The predicted molar refractivity (Wildman–Crippen MR) is 75.4 cm³/mol. The molecule has 98 valence electrons. The summed E-state index contributed by atoms with van der Waals surface area (Å²) in [6, 6.07) is 6.13. The monoisotopic (exact) mass is 274 g/mol. The van der Waals surface area contributed by atoms with Crippen LogP contribution in [-0.2, 0) is 13.0 Å². The summed E-state index contributed by atoms with van der Waals surface area (Å²) in [5, 5.41) is 8.23. The number of aromatic nitrogens is 3. The SMILES string of the molecule is CCc1noc(CNc2ccc3nc(C)sc3c2)n1. The normalized spacial score (nSPS) is 11.1. The van der Waals surface area contributed by atoms with Crippen molar-refractivity contribution < 1.29 is 4.52 Å². The van der Waals surface area contributed by atoms with E-state index in [0.29, 0.717) is 12.4 Å². The summed E-state index contributed by atoms with van der Waals surface area (Å²) in [6.45, 7) is 4.56. The van der Waals surface area contributed by atoms with Crippen LogP contribution >= 0.6 is 11.3 Å². The lowest BCUT2D eigenvalue weighted by Crippen LogP contribution is -1.99. The number of nitrogens with zero attached hydrogens (tertiary/aromatic N) is 3. The number of benzene rings is 1. The van der Waals surface area contributed by atoms with E-state index in [1.807, 2.05) is 26.0 Å². The Labute approximate surface area is 114 Å². The molecule has 3 rings (SSSR count). The largest absolute Gasteiger partial charge is 0.376 e. The van der Waals surface area contributed by atoms with Crippen LogP contribution in [0.1, 0.15) is 23.6 Å². The average Bonchev–Trinajstić information content (AvgIpc) is 3.00. The van der Waals surface area contributed by atoms with Gasteiger partial charge in [0.2, 0.25) is 5.89 Å². The first kappa shape index (κ1) is 12.1. The molecule has 6 heteroatoms. The van der Waals surface area contributed by atoms with Crippen molar-refractivity contribution in [3.05, 3.63) is 34.9 Å². The zero-order chi connectivity index (χ0) is 13.2. The van der Waals surface area contributed by atoms with Gasteiger partial charge in [-0.05, 0) is 25.1 Å². The van der Waals surface area contributed by atoms with Gasteiger partial charge in [-0.25, -0.2) is 4.98 Å². The summed E-state index contributed by atoms with van der Waals surface area (Å²) in [4.78, 5) is 8.70. The molecule has 0 saturated carbocycles. The fraction of sp³-hybridized carbons (Fsp3) is 0.308. The van der Waals surface area contributed by atoms with Crippen LogP contribution in [0.15, 0.2) is 22.7 Å². The van der Waals surface area contributed by atoms with Crippen LogP contribution in [0.4, 0.5) is 5.69 Å². The Morgan fingerprint density at radius 1 is 1.32 bits per heavy atom. The Bertz CT molecular complexity index is 704. The van der Waals surface area contributed by atoms with E-state index in [4.69, 9.17) is 4.52 Å². The molecule has 1 aromatic carbocycles. The molecule has 0 fully saturated rings. The number of thiazole rings is 1. The first-order chi connectivity index (χ1) is 9.24. The van der Waals surface area contributed by atoms with Crippen molar-refractivity contribution >= 4 is 27.2 Å². The predicted octanol–water partition coefficient (Wildman–Crippen LogP) is 3.16. The Balaban J connectivity index is 1.73. The third-order valence-electron chi connectivity index (χ3n) is 2.77. The van der Waals surface area contributed by atoms with Crippen LogP contribution in [0.2, 0.25) is 0 Å². The zero-order valence-electron chi connectivity index (χ0n) is 10.8. The fourth-order valence-electron chi connectivity index (χ4n) is 1.83. The lowest BCUT2D eigenvalue weighted by molar-refractivity contribution is 0.378. The molecule has 0 saturated heterocycles. The maximum atomic E-state index is 5.14. The first-order valence-corrected chi connectivity index (χ1v) is 6.99. The molecular weight excluding hydrogens is 260 g/mol. The molecule has 3 aromatic rings. The molecule has 1 N–H and O–H groups in total. The molecule has 0 unspecified atom stereocenters. The van der Waals surface area contributed by atoms with Gasteiger partial charge in [0.1, 0.15) is 0 Å². The van der Waals surface area contributed by atoms with E-state index in [1.54, 1.807) is 11.3 Å². The molecule has 0 bridgehead atoms. The van der Waals surface area contributed by atoms with E-state index in [9.17, 15) is 0 Å². The number of fused-ring (bicyclic) bond motifs is 1. The van der Waals surface area contributed by atoms with E-state index in [-0.39, 0.29) is 0 Å². The summed E-state index contributed by atoms with van der Waals surface area (Å²) in [5.74, 6) is 1.35. The molecule has 2 heterocycles. The fourth-order valence-corrected chi connectivity index (χ4v) is 2.70. The maximum absolute atomic E-state index is 5.14. The highest BCUT2D eigenvalue weighted by Gasteiger charge is 2.05. The van der Waals surface area contributed by atoms with Crippen LogP contribution < -0.4 is 5.32 Å². The maximum Gasteiger partial charge on any atom is 0.245 e. The Morgan fingerprint density at radius 2 is 2.21 bits per heavy atom. The highest BCUT2D eigenvalue weighted by atomic mass is 32.1. The molecule has 0 spiro atoms. The molecule has 2 aromatic heterocycles. The zero-order valence-corrected chi connectivity index (χ0v) is 11.6. The minimum absolute atomic E-state index is 0.538. The van der Waals surface area contributed by atoms with Gasteiger partial charge in [-0.15, -0.1) is 11.3 Å². The highest BCUT2D eigenvalue weighted by molar-refractivity contribution is 7.18.